The molecule has 5 heteroatoms. The zero-order valence-corrected chi connectivity index (χ0v) is 12.7. The highest BCUT2D eigenvalue weighted by molar-refractivity contribution is 6.02. The second-order valence-corrected chi connectivity index (χ2v) is 4.48. The van der Waals surface area contributed by atoms with E-state index in [2.05, 4.69) is 5.16 Å². The van der Waals surface area contributed by atoms with E-state index >= 15 is 0 Å². The third-order valence-corrected chi connectivity index (χ3v) is 3.02. The van der Waals surface area contributed by atoms with Gasteiger partial charge in [-0.1, -0.05) is 23.4 Å². The molecular formula is C17H17NO4. The molecule has 0 spiro atoms. The second-order valence-electron chi connectivity index (χ2n) is 4.48. The van der Waals surface area contributed by atoms with Gasteiger partial charge < -0.3 is 14.3 Å². The molecule has 0 aliphatic carbocycles. The van der Waals surface area contributed by atoms with Crippen LogP contribution in [0.2, 0.25) is 0 Å². The van der Waals surface area contributed by atoms with Crippen molar-refractivity contribution in [1.82, 2.24) is 0 Å². The van der Waals surface area contributed by atoms with Gasteiger partial charge in [-0.05, 0) is 37.3 Å². The molecule has 2 aromatic rings. The van der Waals surface area contributed by atoms with E-state index in [-0.39, 0.29) is 0 Å². The van der Waals surface area contributed by atoms with E-state index in [1.165, 1.54) is 7.11 Å². The van der Waals surface area contributed by atoms with Crippen LogP contribution in [0.15, 0.2) is 53.7 Å². The van der Waals surface area contributed by atoms with Crippen LogP contribution in [-0.4, -0.2) is 25.9 Å². The number of hydrogen-bond donors (Lipinski definition) is 0. The van der Waals surface area contributed by atoms with Crippen LogP contribution in [-0.2, 0) is 4.84 Å². The number of esters is 1. The Hall–Kier alpha value is -2.82. The van der Waals surface area contributed by atoms with Crippen LogP contribution >= 0.6 is 0 Å². The Bertz CT molecular complexity index is 680. The number of carbonyl (C=O) groups excluding carboxylic acids is 1. The summed E-state index contributed by atoms with van der Waals surface area (Å²) in [6, 6.07) is 13.9. The van der Waals surface area contributed by atoms with Crippen molar-refractivity contribution in [3.63, 3.8) is 0 Å². The predicted molar refractivity (Wildman–Crippen MR) is 83.6 cm³/mol. The van der Waals surface area contributed by atoms with Crippen molar-refractivity contribution in [1.29, 1.82) is 0 Å². The van der Waals surface area contributed by atoms with Gasteiger partial charge in [-0.15, -0.1) is 0 Å². The molecule has 114 valence electrons. The van der Waals surface area contributed by atoms with Crippen LogP contribution in [0, 0.1) is 0 Å². The fourth-order valence-corrected chi connectivity index (χ4v) is 1.93. The molecule has 0 aliphatic rings. The molecule has 0 N–H and O–H groups in total. The molecule has 5 nitrogen and oxygen atoms in total. The molecule has 0 unspecified atom stereocenters. The highest BCUT2D eigenvalue weighted by atomic mass is 16.6. The van der Waals surface area contributed by atoms with Gasteiger partial charge in [-0.3, -0.25) is 0 Å². The Labute approximate surface area is 129 Å². The summed E-state index contributed by atoms with van der Waals surface area (Å²) in [6.07, 6.45) is 0. The zero-order chi connectivity index (χ0) is 15.9. The topological polar surface area (TPSA) is 57.1 Å². The first kappa shape index (κ1) is 15.6. The Morgan fingerprint density at radius 3 is 2.41 bits per heavy atom. The minimum atomic E-state index is -0.433. The average Bonchev–Trinajstić information content (AvgIpc) is 2.56. The van der Waals surface area contributed by atoms with Gasteiger partial charge in [0.1, 0.15) is 18.6 Å². The van der Waals surface area contributed by atoms with Crippen molar-refractivity contribution in [3.8, 4) is 11.5 Å². The molecule has 0 radical (unpaired) electrons. The smallest absolute Gasteiger partial charge is 0.343 e. The third kappa shape index (κ3) is 3.63. The first-order valence-electron chi connectivity index (χ1n) is 6.69. The minimum absolute atomic E-state index is 0.396. The molecule has 0 fully saturated rings. The second kappa shape index (κ2) is 7.26. The van der Waals surface area contributed by atoms with Gasteiger partial charge in [0, 0.05) is 5.56 Å². The van der Waals surface area contributed by atoms with E-state index in [0.717, 1.165) is 0 Å². The normalized spacial score (nSPS) is 11.0. The van der Waals surface area contributed by atoms with Crippen LogP contribution in [0.3, 0.4) is 0 Å². The molecule has 0 saturated heterocycles. The Kier molecular flexibility index (Phi) is 5.14. The fourth-order valence-electron chi connectivity index (χ4n) is 1.93. The maximum absolute atomic E-state index is 12.2. The first-order valence-corrected chi connectivity index (χ1v) is 6.69. The Morgan fingerprint density at radius 1 is 1.05 bits per heavy atom. The van der Waals surface area contributed by atoms with Crippen molar-refractivity contribution in [2.24, 2.45) is 5.16 Å². The summed E-state index contributed by atoms with van der Waals surface area (Å²) in [5.74, 6) is 0.602. The first-order chi connectivity index (χ1) is 10.7. The average molecular weight is 299 g/mol. The number of methoxy groups -OCH3 is 1. The quantitative estimate of drug-likeness (QED) is 0.368. The molecule has 0 atom stereocenters. The maximum atomic E-state index is 12.2. The van der Waals surface area contributed by atoms with Gasteiger partial charge in [0.15, 0.2) is 0 Å². The van der Waals surface area contributed by atoms with E-state index in [4.69, 9.17) is 14.3 Å². The molecule has 0 aromatic heterocycles. The van der Waals surface area contributed by atoms with Gasteiger partial charge in [-0.25, -0.2) is 4.79 Å². The summed E-state index contributed by atoms with van der Waals surface area (Å²) in [5.41, 5.74) is 1.69. The largest absolute Gasteiger partial charge is 0.497 e. The van der Waals surface area contributed by atoms with Crippen molar-refractivity contribution >= 4 is 11.7 Å². The SMILES string of the molecule is CO/N=C(\C)c1cc(OC)ccc1OC(=O)c1ccccc1. The van der Waals surface area contributed by atoms with Gasteiger partial charge in [0.05, 0.1) is 18.4 Å². The third-order valence-electron chi connectivity index (χ3n) is 3.02. The lowest BCUT2D eigenvalue weighted by atomic mass is 10.1. The van der Waals surface area contributed by atoms with Crippen molar-refractivity contribution in [3.05, 3.63) is 59.7 Å². The molecule has 0 heterocycles. The summed E-state index contributed by atoms with van der Waals surface area (Å²) in [6.45, 7) is 1.76. The number of hydrogen-bond acceptors (Lipinski definition) is 5. The van der Waals surface area contributed by atoms with Crippen LogP contribution < -0.4 is 9.47 Å². The van der Waals surface area contributed by atoms with Gasteiger partial charge in [0.2, 0.25) is 0 Å². The highest BCUT2D eigenvalue weighted by Crippen LogP contribution is 2.26. The summed E-state index contributed by atoms with van der Waals surface area (Å²) < 4.78 is 10.7. The van der Waals surface area contributed by atoms with E-state index < -0.39 is 5.97 Å². The summed E-state index contributed by atoms with van der Waals surface area (Å²) in [4.78, 5) is 17.0. The number of rotatable bonds is 5. The summed E-state index contributed by atoms with van der Waals surface area (Å²) >= 11 is 0. The summed E-state index contributed by atoms with van der Waals surface area (Å²) in [7, 11) is 3.02. The predicted octanol–water partition coefficient (Wildman–Crippen LogP) is 3.28. The van der Waals surface area contributed by atoms with Gasteiger partial charge >= 0.3 is 5.97 Å². The molecule has 22 heavy (non-hydrogen) atoms. The molecule has 0 bridgehead atoms. The van der Waals surface area contributed by atoms with Crippen LogP contribution in [0.1, 0.15) is 22.8 Å². The number of nitrogens with zero attached hydrogens (tertiary/aromatic N) is 1. The maximum Gasteiger partial charge on any atom is 0.343 e. The molecule has 0 aliphatic heterocycles. The molecule has 0 amide bonds. The minimum Gasteiger partial charge on any atom is -0.497 e. The monoisotopic (exact) mass is 299 g/mol. The number of ether oxygens (including phenoxy) is 2. The number of oxime groups is 1. The van der Waals surface area contributed by atoms with Crippen molar-refractivity contribution in [2.45, 2.75) is 6.92 Å². The van der Waals surface area contributed by atoms with E-state index in [1.807, 2.05) is 6.07 Å². The molecular weight excluding hydrogens is 282 g/mol. The fraction of sp³-hybridized carbons (Fsp3) is 0.176. The van der Waals surface area contributed by atoms with E-state index in [0.29, 0.717) is 28.3 Å². The van der Waals surface area contributed by atoms with Crippen LogP contribution in [0.5, 0.6) is 11.5 Å². The lowest BCUT2D eigenvalue weighted by Gasteiger charge is -2.11. The van der Waals surface area contributed by atoms with E-state index in [1.54, 1.807) is 56.5 Å². The molecule has 2 aromatic carbocycles. The number of benzene rings is 2. The van der Waals surface area contributed by atoms with Gasteiger partial charge in [0.25, 0.3) is 0 Å². The zero-order valence-electron chi connectivity index (χ0n) is 12.7. The Morgan fingerprint density at radius 2 is 1.77 bits per heavy atom. The van der Waals surface area contributed by atoms with E-state index in [9.17, 15) is 4.79 Å². The number of carbonyl (C=O) groups is 1. The van der Waals surface area contributed by atoms with Crippen LogP contribution in [0.4, 0.5) is 0 Å². The summed E-state index contributed by atoms with van der Waals surface area (Å²) in [5, 5.41) is 3.88. The molecule has 2 rings (SSSR count). The van der Waals surface area contributed by atoms with Gasteiger partial charge in [-0.2, -0.15) is 0 Å². The van der Waals surface area contributed by atoms with Crippen molar-refractivity contribution in [2.75, 3.05) is 14.2 Å². The lowest BCUT2D eigenvalue weighted by Crippen LogP contribution is -2.11. The standard InChI is InChI=1S/C17H17NO4/c1-12(18-21-3)15-11-14(20-2)9-10-16(15)22-17(19)13-7-5-4-6-8-13/h4-11H,1-3H3/b18-12+. The molecule has 0 saturated carbocycles. The highest BCUT2D eigenvalue weighted by Gasteiger charge is 2.14. The Balaban J connectivity index is 2.34. The van der Waals surface area contributed by atoms with Crippen molar-refractivity contribution < 1.29 is 19.1 Å². The van der Waals surface area contributed by atoms with Crippen LogP contribution in [0.25, 0.3) is 0 Å². The lowest BCUT2D eigenvalue weighted by molar-refractivity contribution is 0.0734.